The maximum Gasteiger partial charge on any atom is 0.225 e. The summed E-state index contributed by atoms with van der Waals surface area (Å²) in [6.45, 7) is 5.49. The van der Waals surface area contributed by atoms with Crippen LogP contribution in [0.1, 0.15) is 24.6 Å². The second-order valence-electron chi connectivity index (χ2n) is 6.72. The molecule has 2 fully saturated rings. The largest absolute Gasteiger partial charge is 0.351 e. The molecule has 0 spiro atoms. The van der Waals surface area contributed by atoms with Gasteiger partial charge in [-0.3, -0.25) is 0 Å². The van der Waals surface area contributed by atoms with Crippen LogP contribution >= 0.6 is 0 Å². The van der Waals surface area contributed by atoms with E-state index in [0.29, 0.717) is 6.04 Å². The van der Waals surface area contributed by atoms with Crippen molar-refractivity contribution in [2.75, 3.05) is 36.0 Å². The molecule has 3 aromatic rings. The van der Waals surface area contributed by atoms with Crippen molar-refractivity contribution in [3.63, 3.8) is 0 Å². The molecule has 3 aromatic heterocycles. The van der Waals surface area contributed by atoms with Crippen LogP contribution in [0.15, 0.2) is 24.9 Å². The monoisotopic (exact) mass is 336 g/mol. The fourth-order valence-corrected chi connectivity index (χ4v) is 3.40. The van der Waals surface area contributed by atoms with E-state index in [1.807, 2.05) is 25.5 Å². The number of imidazole rings is 1. The van der Waals surface area contributed by atoms with E-state index in [2.05, 4.69) is 39.3 Å². The molecule has 8 nitrogen and oxygen atoms in total. The van der Waals surface area contributed by atoms with Crippen molar-refractivity contribution in [2.24, 2.45) is 0 Å². The third-order valence-electron chi connectivity index (χ3n) is 4.92. The molecule has 0 radical (unpaired) electrons. The van der Waals surface area contributed by atoms with Crippen molar-refractivity contribution >= 4 is 22.9 Å². The zero-order valence-corrected chi connectivity index (χ0v) is 14.2. The molecule has 1 aliphatic heterocycles. The molecule has 4 heterocycles. The maximum atomic E-state index is 4.60. The molecule has 128 valence electrons. The van der Waals surface area contributed by atoms with Crippen molar-refractivity contribution < 1.29 is 0 Å². The standard InChI is InChI=1S/C17H20N8/c1-12-4-5-18-17(22-12)24-8-6-23(7-9-24)15-14-16(20-10-19-15)25(11-21-14)13-2-3-13/h4-5,10-11,13H,2-3,6-9H2,1H3. The lowest BCUT2D eigenvalue weighted by atomic mass is 10.3. The zero-order chi connectivity index (χ0) is 16.8. The van der Waals surface area contributed by atoms with Crippen molar-refractivity contribution in [1.29, 1.82) is 0 Å². The molecule has 0 unspecified atom stereocenters. The third kappa shape index (κ3) is 2.57. The molecule has 25 heavy (non-hydrogen) atoms. The summed E-state index contributed by atoms with van der Waals surface area (Å²) >= 11 is 0. The molecular weight excluding hydrogens is 316 g/mol. The number of fused-ring (bicyclic) bond motifs is 1. The summed E-state index contributed by atoms with van der Waals surface area (Å²) in [4.78, 5) is 27.0. The fourth-order valence-electron chi connectivity index (χ4n) is 3.40. The first-order chi connectivity index (χ1) is 12.3. The Morgan fingerprint density at radius 1 is 0.960 bits per heavy atom. The summed E-state index contributed by atoms with van der Waals surface area (Å²) < 4.78 is 2.19. The predicted molar refractivity (Wildman–Crippen MR) is 94.8 cm³/mol. The topological polar surface area (TPSA) is 75.9 Å². The van der Waals surface area contributed by atoms with E-state index < -0.39 is 0 Å². The summed E-state index contributed by atoms with van der Waals surface area (Å²) in [5, 5.41) is 0. The van der Waals surface area contributed by atoms with Crippen LogP contribution in [0.25, 0.3) is 11.2 Å². The number of hydrogen-bond donors (Lipinski definition) is 0. The SMILES string of the molecule is Cc1ccnc(N2CCN(c3ncnc4c3ncn4C3CC3)CC2)n1. The van der Waals surface area contributed by atoms with Gasteiger partial charge in [-0.15, -0.1) is 0 Å². The minimum Gasteiger partial charge on any atom is -0.351 e. The molecule has 0 amide bonds. The highest BCUT2D eigenvalue weighted by Crippen LogP contribution is 2.37. The summed E-state index contributed by atoms with van der Waals surface area (Å²) in [5.41, 5.74) is 2.86. The number of nitrogens with zero attached hydrogens (tertiary/aromatic N) is 8. The summed E-state index contributed by atoms with van der Waals surface area (Å²) in [6, 6.07) is 2.50. The van der Waals surface area contributed by atoms with E-state index in [1.54, 1.807) is 6.33 Å². The van der Waals surface area contributed by atoms with Crippen LogP contribution < -0.4 is 9.80 Å². The minimum atomic E-state index is 0.572. The highest BCUT2D eigenvalue weighted by Gasteiger charge is 2.28. The Kier molecular flexibility index (Phi) is 3.29. The molecule has 5 rings (SSSR count). The Labute approximate surface area is 145 Å². The summed E-state index contributed by atoms with van der Waals surface area (Å²) in [7, 11) is 0. The molecule has 1 saturated carbocycles. The van der Waals surface area contributed by atoms with Crippen molar-refractivity contribution in [3.8, 4) is 0 Å². The van der Waals surface area contributed by atoms with Crippen LogP contribution in [0.4, 0.5) is 11.8 Å². The highest BCUT2D eigenvalue weighted by molar-refractivity contribution is 5.83. The van der Waals surface area contributed by atoms with E-state index in [9.17, 15) is 0 Å². The zero-order valence-electron chi connectivity index (χ0n) is 14.2. The number of anilines is 2. The highest BCUT2D eigenvalue weighted by atomic mass is 15.3. The first kappa shape index (κ1) is 14.6. The average molecular weight is 336 g/mol. The lowest BCUT2D eigenvalue weighted by molar-refractivity contribution is 0.634. The van der Waals surface area contributed by atoms with Gasteiger partial charge < -0.3 is 14.4 Å². The number of aromatic nitrogens is 6. The number of rotatable bonds is 3. The molecule has 1 aliphatic carbocycles. The quantitative estimate of drug-likeness (QED) is 0.719. The van der Waals surface area contributed by atoms with E-state index in [-0.39, 0.29) is 0 Å². The normalized spacial score (nSPS) is 18.1. The molecule has 0 aromatic carbocycles. The molecule has 1 saturated heterocycles. The summed E-state index contributed by atoms with van der Waals surface area (Å²) in [5.74, 6) is 1.75. The van der Waals surface area contributed by atoms with Gasteiger partial charge >= 0.3 is 0 Å². The number of aryl methyl sites for hydroxylation is 1. The number of piperazine rings is 1. The average Bonchev–Trinajstić information content (AvgIpc) is 3.40. The Balaban J connectivity index is 1.38. The van der Waals surface area contributed by atoms with Gasteiger partial charge in [-0.05, 0) is 25.8 Å². The molecule has 0 atom stereocenters. The van der Waals surface area contributed by atoms with Gasteiger partial charge in [-0.25, -0.2) is 24.9 Å². The molecule has 8 heteroatoms. The van der Waals surface area contributed by atoms with Crippen molar-refractivity contribution in [2.45, 2.75) is 25.8 Å². The van der Waals surface area contributed by atoms with Gasteiger partial charge in [-0.2, -0.15) is 0 Å². The lowest BCUT2D eigenvalue weighted by Gasteiger charge is -2.35. The first-order valence-corrected chi connectivity index (χ1v) is 8.77. The van der Waals surface area contributed by atoms with Crippen LogP contribution in [0.2, 0.25) is 0 Å². The Morgan fingerprint density at radius 2 is 1.76 bits per heavy atom. The van der Waals surface area contributed by atoms with E-state index in [0.717, 1.165) is 54.8 Å². The molecule has 0 bridgehead atoms. The predicted octanol–water partition coefficient (Wildman–Crippen LogP) is 1.59. The van der Waals surface area contributed by atoms with Crippen molar-refractivity contribution in [3.05, 3.63) is 30.6 Å². The van der Waals surface area contributed by atoms with Crippen LogP contribution in [-0.2, 0) is 0 Å². The second-order valence-corrected chi connectivity index (χ2v) is 6.72. The second kappa shape index (κ2) is 5.65. The van der Waals surface area contributed by atoms with Crippen LogP contribution in [-0.4, -0.2) is 55.7 Å². The van der Waals surface area contributed by atoms with Crippen molar-refractivity contribution in [1.82, 2.24) is 29.5 Å². The van der Waals surface area contributed by atoms with E-state index >= 15 is 0 Å². The fraction of sp³-hybridized carbons (Fsp3) is 0.471. The molecular formula is C17H20N8. The number of hydrogen-bond acceptors (Lipinski definition) is 7. The Hall–Kier alpha value is -2.77. The van der Waals surface area contributed by atoms with Gasteiger partial charge in [0.2, 0.25) is 5.95 Å². The van der Waals surface area contributed by atoms with Crippen LogP contribution in [0, 0.1) is 6.92 Å². The maximum absolute atomic E-state index is 4.60. The lowest BCUT2D eigenvalue weighted by Crippen LogP contribution is -2.47. The van der Waals surface area contributed by atoms with Gasteiger partial charge in [0.25, 0.3) is 0 Å². The van der Waals surface area contributed by atoms with E-state index in [4.69, 9.17) is 0 Å². The summed E-state index contributed by atoms with van der Waals surface area (Å²) in [6.07, 6.45) is 7.84. The molecule has 2 aliphatic rings. The Morgan fingerprint density at radius 3 is 2.52 bits per heavy atom. The minimum absolute atomic E-state index is 0.572. The van der Waals surface area contributed by atoms with Gasteiger partial charge in [0.1, 0.15) is 6.33 Å². The van der Waals surface area contributed by atoms with Crippen LogP contribution in [0.3, 0.4) is 0 Å². The van der Waals surface area contributed by atoms with Gasteiger partial charge in [0.05, 0.1) is 6.33 Å². The Bertz CT molecular complexity index is 908. The first-order valence-electron chi connectivity index (χ1n) is 8.77. The van der Waals surface area contributed by atoms with Gasteiger partial charge in [0.15, 0.2) is 17.0 Å². The van der Waals surface area contributed by atoms with Crippen LogP contribution in [0.5, 0.6) is 0 Å². The van der Waals surface area contributed by atoms with E-state index in [1.165, 1.54) is 12.8 Å². The smallest absolute Gasteiger partial charge is 0.225 e. The van der Waals surface area contributed by atoms with Gasteiger partial charge in [-0.1, -0.05) is 0 Å². The molecule has 0 N–H and O–H groups in total. The third-order valence-corrected chi connectivity index (χ3v) is 4.92. The van der Waals surface area contributed by atoms with Gasteiger partial charge in [0, 0.05) is 44.1 Å².